The normalized spacial score (nSPS) is 17.7. The van der Waals surface area contributed by atoms with E-state index in [-0.39, 0.29) is 22.7 Å². The average molecular weight is 341 g/mol. The molecule has 8 heteroatoms. The molecule has 0 amide bonds. The van der Waals surface area contributed by atoms with E-state index in [1.54, 1.807) is 11.4 Å². The summed E-state index contributed by atoms with van der Waals surface area (Å²) in [6, 6.07) is 1.48. The second kappa shape index (κ2) is 7.61. The van der Waals surface area contributed by atoms with Gasteiger partial charge in [0.15, 0.2) is 4.21 Å². The van der Waals surface area contributed by atoms with Crippen LogP contribution in [0, 0.1) is 5.92 Å². The molecule has 1 aromatic rings. The first-order valence-corrected chi connectivity index (χ1v) is 8.78. The van der Waals surface area contributed by atoms with Gasteiger partial charge in [-0.05, 0) is 30.2 Å². The molecule has 0 aliphatic heterocycles. The molecular formula is C12H21ClN2O3S2. The van der Waals surface area contributed by atoms with E-state index in [9.17, 15) is 8.42 Å². The van der Waals surface area contributed by atoms with E-state index in [2.05, 4.69) is 4.72 Å². The monoisotopic (exact) mass is 340 g/mol. The van der Waals surface area contributed by atoms with Crippen LogP contribution in [-0.4, -0.2) is 28.1 Å². The van der Waals surface area contributed by atoms with Gasteiger partial charge in [0.05, 0.1) is 7.11 Å². The predicted octanol–water partition coefficient (Wildman–Crippen LogP) is 1.97. The van der Waals surface area contributed by atoms with E-state index in [1.165, 1.54) is 7.11 Å². The van der Waals surface area contributed by atoms with Crippen LogP contribution < -0.4 is 15.2 Å². The second-order valence-electron chi connectivity index (χ2n) is 4.78. The summed E-state index contributed by atoms with van der Waals surface area (Å²) in [6.07, 6.45) is 4.41. The lowest BCUT2D eigenvalue weighted by Crippen LogP contribution is -2.44. The molecule has 1 unspecified atom stereocenters. The van der Waals surface area contributed by atoms with E-state index in [0.717, 1.165) is 37.0 Å². The number of hydrogen-bond acceptors (Lipinski definition) is 5. The van der Waals surface area contributed by atoms with E-state index < -0.39 is 10.0 Å². The van der Waals surface area contributed by atoms with Crippen LogP contribution in [0.1, 0.15) is 25.7 Å². The van der Waals surface area contributed by atoms with Gasteiger partial charge in [0.2, 0.25) is 0 Å². The minimum Gasteiger partial charge on any atom is -0.494 e. The first-order chi connectivity index (χ1) is 9.08. The molecule has 20 heavy (non-hydrogen) atoms. The quantitative estimate of drug-likeness (QED) is 0.829. The minimum absolute atomic E-state index is 0. The van der Waals surface area contributed by atoms with Crippen molar-refractivity contribution in [3.05, 3.63) is 11.4 Å². The lowest BCUT2D eigenvalue weighted by Gasteiger charge is -2.22. The maximum absolute atomic E-state index is 12.4. The number of ether oxygens (including phenoxy) is 1. The molecule has 1 aliphatic carbocycles. The van der Waals surface area contributed by atoms with E-state index in [4.69, 9.17) is 10.5 Å². The summed E-state index contributed by atoms with van der Waals surface area (Å²) in [5, 5.41) is 1.71. The smallest absolute Gasteiger partial charge is 0.254 e. The Labute approximate surface area is 130 Å². The molecule has 2 rings (SSSR count). The van der Waals surface area contributed by atoms with Crippen molar-refractivity contribution in [2.24, 2.45) is 11.7 Å². The van der Waals surface area contributed by atoms with Gasteiger partial charge >= 0.3 is 0 Å². The Balaban J connectivity index is 0.00000200. The van der Waals surface area contributed by atoms with Gasteiger partial charge in [0.1, 0.15) is 5.75 Å². The maximum atomic E-state index is 12.4. The number of nitrogens with one attached hydrogen (secondary N) is 1. The number of rotatable bonds is 6. The topological polar surface area (TPSA) is 81.4 Å². The molecule has 1 fully saturated rings. The third-order valence-corrected chi connectivity index (χ3v) is 6.53. The van der Waals surface area contributed by atoms with E-state index in [1.807, 2.05) is 0 Å². The first kappa shape index (κ1) is 17.7. The van der Waals surface area contributed by atoms with Gasteiger partial charge in [-0.15, -0.1) is 23.7 Å². The number of halogens is 1. The van der Waals surface area contributed by atoms with Crippen LogP contribution in [0.15, 0.2) is 15.7 Å². The number of nitrogens with two attached hydrogens (primary N) is 1. The minimum atomic E-state index is -3.54. The molecule has 0 aromatic carbocycles. The van der Waals surface area contributed by atoms with Gasteiger partial charge in [0.25, 0.3) is 10.0 Å². The summed E-state index contributed by atoms with van der Waals surface area (Å²) in [7, 11) is -2.07. The average Bonchev–Trinajstić information content (AvgIpc) is 3.06. The molecule has 5 nitrogen and oxygen atoms in total. The van der Waals surface area contributed by atoms with Gasteiger partial charge in [-0.2, -0.15) is 0 Å². The summed E-state index contributed by atoms with van der Waals surface area (Å²) in [6.45, 7) is 0.331. The zero-order chi connectivity index (χ0) is 13.9. The molecule has 3 N–H and O–H groups in total. The van der Waals surface area contributed by atoms with Crippen LogP contribution >= 0.6 is 23.7 Å². The predicted molar refractivity (Wildman–Crippen MR) is 83.2 cm³/mol. The largest absolute Gasteiger partial charge is 0.494 e. The number of sulfonamides is 1. The third-order valence-electron chi connectivity index (χ3n) is 3.59. The first-order valence-electron chi connectivity index (χ1n) is 6.42. The molecule has 1 heterocycles. The lowest BCUT2D eigenvalue weighted by atomic mass is 9.99. The number of methoxy groups -OCH3 is 1. The summed E-state index contributed by atoms with van der Waals surface area (Å²) < 4.78 is 32.8. The Bertz CT molecular complexity index is 513. The molecule has 1 aromatic heterocycles. The molecule has 116 valence electrons. The van der Waals surface area contributed by atoms with Crippen LogP contribution in [0.5, 0.6) is 5.75 Å². The molecule has 0 radical (unpaired) electrons. The zero-order valence-electron chi connectivity index (χ0n) is 11.4. The third kappa shape index (κ3) is 3.85. The molecular weight excluding hydrogens is 320 g/mol. The summed E-state index contributed by atoms with van der Waals surface area (Å²) >= 11 is 1.16. The van der Waals surface area contributed by atoms with Gasteiger partial charge < -0.3 is 10.5 Å². The van der Waals surface area contributed by atoms with Gasteiger partial charge in [-0.25, -0.2) is 13.1 Å². The van der Waals surface area contributed by atoms with Crippen LogP contribution in [0.4, 0.5) is 0 Å². The Hall–Kier alpha value is -0.340. The van der Waals surface area contributed by atoms with Crippen molar-refractivity contribution in [3.8, 4) is 5.75 Å². The number of thiophene rings is 1. The Kier molecular flexibility index (Phi) is 6.74. The fourth-order valence-electron chi connectivity index (χ4n) is 2.58. The summed E-state index contributed by atoms with van der Waals surface area (Å²) in [5.41, 5.74) is 5.73. The molecule has 0 spiro atoms. The van der Waals surface area contributed by atoms with Crippen LogP contribution in [0.3, 0.4) is 0 Å². The molecule has 0 bridgehead atoms. The second-order valence-corrected chi connectivity index (χ2v) is 7.61. The standard InChI is InChI=1S/C12H20N2O3S2.ClH/c1-17-11-6-7-18-12(11)19(15,16)14-10(8-13)9-4-2-3-5-9;/h6-7,9-10,14H,2-5,8,13H2,1H3;1H. The SMILES string of the molecule is COc1ccsc1S(=O)(=O)NC(CN)C1CCCC1.Cl. The van der Waals surface area contributed by atoms with Gasteiger partial charge in [-0.1, -0.05) is 12.8 Å². The molecule has 1 saturated carbocycles. The molecule has 1 atom stereocenters. The highest BCUT2D eigenvalue weighted by atomic mass is 35.5. The Morgan fingerprint density at radius 1 is 1.50 bits per heavy atom. The highest BCUT2D eigenvalue weighted by Gasteiger charge is 2.30. The zero-order valence-corrected chi connectivity index (χ0v) is 13.8. The van der Waals surface area contributed by atoms with Crippen LogP contribution in [0.25, 0.3) is 0 Å². The van der Waals surface area contributed by atoms with Crippen molar-refractivity contribution in [2.45, 2.75) is 35.9 Å². The van der Waals surface area contributed by atoms with Crippen LogP contribution in [0.2, 0.25) is 0 Å². The van der Waals surface area contributed by atoms with Crippen molar-refractivity contribution in [1.29, 1.82) is 0 Å². The van der Waals surface area contributed by atoms with Crippen LogP contribution in [-0.2, 0) is 10.0 Å². The van der Waals surface area contributed by atoms with Crippen molar-refractivity contribution in [1.82, 2.24) is 4.72 Å². The molecule has 1 aliphatic rings. The van der Waals surface area contributed by atoms with Gasteiger partial charge in [0, 0.05) is 12.6 Å². The maximum Gasteiger partial charge on any atom is 0.254 e. The van der Waals surface area contributed by atoms with Crippen molar-refractivity contribution < 1.29 is 13.2 Å². The highest BCUT2D eigenvalue weighted by Crippen LogP contribution is 2.32. The van der Waals surface area contributed by atoms with Crippen molar-refractivity contribution in [3.63, 3.8) is 0 Å². The van der Waals surface area contributed by atoms with E-state index in [0.29, 0.717) is 18.2 Å². The Morgan fingerprint density at radius 3 is 2.70 bits per heavy atom. The summed E-state index contributed by atoms with van der Waals surface area (Å²) in [5.74, 6) is 0.741. The van der Waals surface area contributed by atoms with E-state index >= 15 is 0 Å². The highest BCUT2D eigenvalue weighted by molar-refractivity contribution is 7.91. The Morgan fingerprint density at radius 2 is 2.15 bits per heavy atom. The molecule has 0 saturated heterocycles. The fraction of sp³-hybridized carbons (Fsp3) is 0.667. The summed E-state index contributed by atoms with van der Waals surface area (Å²) in [4.78, 5) is 0. The van der Waals surface area contributed by atoms with Crippen molar-refractivity contribution in [2.75, 3.05) is 13.7 Å². The number of hydrogen-bond donors (Lipinski definition) is 2. The van der Waals surface area contributed by atoms with Gasteiger partial charge in [-0.3, -0.25) is 0 Å². The van der Waals surface area contributed by atoms with Crippen molar-refractivity contribution >= 4 is 33.8 Å². The fourth-order valence-corrected chi connectivity index (χ4v) is 5.19. The lowest BCUT2D eigenvalue weighted by molar-refractivity contribution is 0.397.